The molecule has 0 amide bonds. The molecule has 1 aliphatic heterocycles. The largest absolute Gasteiger partial charge is 0.315 e. The summed E-state index contributed by atoms with van der Waals surface area (Å²) in [6.45, 7) is 7.44. The second-order valence-electron chi connectivity index (χ2n) is 8.44. The van der Waals surface area contributed by atoms with Crippen molar-refractivity contribution in [2.75, 3.05) is 26.2 Å². The second-order valence-corrected chi connectivity index (χ2v) is 8.44. The van der Waals surface area contributed by atoms with Gasteiger partial charge in [-0.25, -0.2) is 0 Å². The van der Waals surface area contributed by atoms with Crippen LogP contribution in [0.4, 0.5) is 0 Å². The van der Waals surface area contributed by atoms with Crippen molar-refractivity contribution in [3.63, 3.8) is 0 Å². The minimum atomic E-state index is 0.772. The van der Waals surface area contributed by atoms with Gasteiger partial charge in [0.2, 0.25) is 0 Å². The summed E-state index contributed by atoms with van der Waals surface area (Å²) in [7, 11) is 0. The van der Waals surface area contributed by atoms with E-state index in [0.29, 0.717) is 0 Å². The molecule has 4 saturated carbocycles. The first-order chi connectivity index (χ1) is 9.76. The van der Waals surface area contributed by atoms with Crippen molar-refractivity contribution in [2.24, 2.45) is 23.2 Å². The number of nitrogens with one attached hydrogen (secondary N) is 1. The minimum absolute atomic E-state index is 0.772. The first-order valence-corrected chi connectivity index (χ1v) is 9.21. The molecule has 4 aliphatic carbocycles. The van der Waals surface area contributed by atoms with Crippen molar-refractivity contribution in [2.45, 2.75) is 64.3 Å². The van der Waals surface area contributed by atoms with Crippen LogP contribution in [0.5, 0.6) is 0 Å². The SMILES string of the molecule is CCN(CCC12CC3CC(CC(C3)C1)C2)C1CCNC1. The fourth-order valence-corrected chi connectivity index (χ4v) is 6.53. The van der Waals surface area contributed by atoms with E-state index in [2.05, 4.69) is 17.1 Å². The second kappa shape index (κ2) is 5.28. The van der Waals surface area contributed by atoms with Gasteiger partial charge in [-0.3, -0.25) is 4.90 Å². The van der Waals surface area contributed by atoms with Gasteiger partial charge in [0.25, 0.3) is 0 Å². The molecule has 1 N–H and O–H groups in total. The van der Waals surface area contributed by atoms with Crippen LogP contribution in [0.25, 0.3) is 0 Å². The van der Waals surface area contributed by atoms with Gasteiger partial charge < -0.3 is 5.32 Å². The lowest BCUT2D eigenvalue weighted by Crippen LogP contribution is -2.48. The highest BCUT2D eigenvalue weighted by atomic mass is 15.2. The highest BCUT2D eigenvalue weighted by molar-refractivity contribution is 5.01. The van der Waals surface area contributed by atoms with E-state index in [1.807, 2.05) is 0 Å². The zero-order valence-electron chi connectivity index (χ0n) is 13.2. The van der Waals surface area contributed by atoms with Crippen LogP contribution in [0, 0.1) is 23.2 Å². The van der Waals surface area contributed by atoms with Gasteiger partial charge in [-0.15, -0.1) is 0 Å². The Morgan fingerprint density at radius 1 is 1.05 bits per heavy atom. The number of hydrogen-bond acceptors (Lipinski definition) is 2. The zero-order chi connectivity index (χ0) is 13.6. The molecule has 2 heteroatoms. The van der Waals surface area contributed by atoms with Gasteiger partial charge in [0.1, 0.15) is 0 Å². The van der Waals surface area contributed by atoms with Crippen molar-refractivity contribution in [1.29, 1.82) is 0 Å². The van der Waals surface area contributed by atoms with Crippen LogP contribution >= 0.6 is 0 Å². The molecule has 0 spiro atoms. The Morgan fingerprint density at radius 3 is 2.20 bits per heavy atom. The van der Waals surface area contributed by atoms with E-state index < -0.39 is 0 Å². The summed E-state index contributed by atoms with van der Waals surface area (Å²) < 4.78 is 0. The van der Waals surface area contributed by atoms with E-state index >= 15 is 0 Å². The van der Waals surface area contributed by atoms with Gasteiger partial charge in [0.05, 0.1) is 0 Å². The lowest BCUT2D eigenvalue weighted by Gasteiger charge is -2.57. The molecule has 114 valence electrons. The van der Waals surface area contributed by atoms with Crippen molar-refractivity contribution in [1.82, 2.24) is 10.2 Å². The molecule has 2 nitrogen and oxygen atoms in total. The molecule has 1 saturated heterocycles. The molecular formula is C18H32N2. The van der Waals surface area contributed by atoms with Crippen LogP contribution in [0.1, 0.15) is 58.3 Å². The molecule has 1 atom stereocenters. The fourth-order valence-electron chi connectivity index (χ4n) is 6.53. The van der Waals surface area contributed by atoms with E-state index in [4.69, 9.17) is 0 Å². The number of likely N-dealkylation sites (N-methyl/N-ethyl adjacent to an activating group) is 1. The predicted molar refractivity (Wildman–Crippen MR) is 83.7 cm³/mol. The number of nitrogens with zero attached hydrogens (tertiary/aromatic N) is 1. The lowest BCUT2D eigenvalue weighted by atomic mass is 9.49. The number of rotatable bonds is 5. The molecule has 1 unspecified atom stereocenters. The van der Waals surface area contributed by atoms with Crippen LogP contribution in [0.15, 0.2) is 0 Å². The first kappa shape index (κ1) is 13.6. The monoisotopic (exact) mass is 276 g/mol. The third-order valence-corrected chi connectivity index (χ3v) is 7.05. The Hall–Kier alpha value is -0.0800. The minimum Gasteiger partial charge on any atom is -0.315 e. The van der Waals surface area contributed by atoms with E-state index in [9.17, 15) is 0 Å². The van der Waals surface area contributed by atoms with Crippen LogP contribution in [-0.4, -0.2) is 37.1 Å². The normalized spacial score (nSPS) is 46.5. The van der Waals surface area contributed by atoms with Gasteiger partial charge in [-0.2, -0.15) is 0 Å². The molecule has 5 rings (SSSR count). The Morgan fingerprint density at radius 2 is 1.70 bits per heavy atom. The van der Waals surface area contributed by atoms with E-state index in [-0.39, 0.29) is 0 Å². The van der Waals surface area contributed by atoms with Gasteiger partial charge in [-0.1, -0.05) is 6.92 Å². The molecule has 4 bridgehead atoms. The van der Waals surface area contributed by atoms with Crippen molar-refractivity contribution in [3.8, 4) is 0 Å². The summed E-state index contributed by atoms with van der Waals surface area (Å²) in [6, 6.07) is 0.828. The molecule has 0 aromatic heterocycles. The van der Waals surface area contributed by atoms with E-state index in [1.165, 1.54) is 39.0 Å². The van der Waals surface area contributed by atoms with Crippen LogP contribution in [0.2, 0.25) is 0 Å². The highest BCUT2D eigenvalue weighted by Crippen LogP contribution is 2.61. The molecule has 0 radical (unpaired) electrons. The summed E-state index contributed by atoms with van der Waals surface area (Å²) in [5, 5.41) is 3.54. The van der Waals surface area contributed by atoms with Gasteiger partial charge in [-0.05, 0) is 94.2 Å². The summed E-state index contributed by atoms with van der Waals surface area (Å²) in [5.41, 5.74) is 0.772. The van der Waals surface area contributed by atoms with Crippen LogP contribution < -0.4 is 5.32 Å². The van der Waals surface area contributed by atoms with Gasteiger partial charge in [0.15, 0.2) is 0 Å². The molecular weight excluding hydrogens is 244 g/mol. The third-order valence-electron chi connectivity index (χ3n) is 7.05. The average molecular weight is 276 g/mol. The highest BCUT2D eigenvalue weighted by Gasteiger charge is 2.50. The van der Waals surface area contributed by atoms with E-state index in [0.717, 1.165) is 29.2 Å². The Kier molecular flexibility index (Phi) is 3.58. The smallest absolute Gasteiger partial charge is 0.0232 e. The first-order valence-electron chi connectivity index (χ1n) is 9.21. The molecule has 1 heterocycles. The predicted octanol–water partition coefficient (Wildman–Crippen LogP) is 3.28. The molecule has 0 aromatic carbocycles. The lowest BCUT2D eigenvalue weighted by molar-refractivity contribution is -0.0619. The molecule has 5 aliphatic rings. The van der Waals surface area contributed by atoms with Crippen molar-refractivity contribution in [3.05, 3.63) is 0 Å². The van der Waals surface area contributed by atoms with Crippen LogP contribution in [0.3, 0.4) is 0 Å². The summed E-state index contributed by atoms with van der Waals surface area (Å²) >= 11 is 0. The molecule has 0 aromatic rings. The van der Waals surface area contributed by atoms with Crippen molar-refractivity contribution < 1.29 is 0 Å². The maximum absolute atomic E-state index is 3.54. The quantitative estimate of drug-likeness (QED) is 0.829. The third kappa shape index (κ3) is 2.43. The molecule has 20 heavy (non-hydrogen) atoms. The summed E-state index contributed by atoms with van der Waals surface area (Å²) in [6.07, 6.45) is 12.4. The average Bonchev–Trinajstić information content (AvgIpc) is 2.91. The maximum Gasteiger partial charge on any atom is 0.0232 e. The van der Waals surface area contributed by atoms with Crippen molar-refractivity contribution >= 4 is 0 Å². The van der Waals surface area contributed by atoms with Gasteiger partial charge in [0, 0.05) is 12.6 Å². The Labute approximate surface area is 124 Å². The van der Waals surface area contributed by atoms with Crippen LogP contribution in [-0.2, 0) is 0 Å². The maximum atomic E-state index is 3.54. The molecule has 5 fully saturated rings. The fraction of sp³-hybridized carbons (Fsp3) is 1.00. The van der Waals surface area contributed by atoms with Gasteiger partial charge >= 0.3 is 0 Å². The standard InChI is InChI=1S/C18H32N2/c1-2-20(17-3-5-19-13-17)6-4-18-10-14-7-15(11-18)9-16(8-14)12-18/h14-17,19H,2-13H2,1H3. The summed E-state index contributed by atoms with van der Waals surface area (Å²) in [5.74, 6) is 3.35. The number of hydrogen-bond donors (Lipinski definition) is 1. The Bertz CT molecular complexity index is 310. The topological polar surface area (TPSA) is 15.3 Å². The summed E-state index contributed by atoms with van der Waals surface area (Å²) in [4.78, 5) is 2.78. The van der Waals surface area contributed by atoms with E-state index in [1.54, 1.807) is 38.5 Å². The Balaban J connectivity index is 1.38. The zero-order valence-corrected chi connectivity index (χ0v) is 13.2.